The van der Waals surface area contributed by atoms with Gasteiger partial charge in [-0.05, 0) is 79.1 Å². The van der Waals surface area contributed by atoms with Gasteiger partial charge in [-0.25, -0.2) is 0 Å². The smallest absolute Gasteiger partial charge is 0.0323 e. The van der Waals surface area contributed by atoms with Crippen molar-refractivity contribution in [1.82, 2.24) is 0 Å². The largest absolute Gasteiger partial charge is 0.0654 e. The van der Waals surface area contributed by atoms with Crippen LogP contribution in [0.1, 0.15) is 141 Å². The highest BCUT2D eigenvalue weighted by Crippen LogP contribution is 2.55. The number of rotatable bonds is 18. The highest BCUT2D eigenvalue weighted by molar-refractivity contribution is 9.13. The molecule has 0 heterocycles. The summed E-state index contributed by atoms with van der Waals surface area (Å²) in [4.78, 5) is 0. The van der Waals surface area contributed by atoms with Crippen LogP contribution in [0, 0.1) is 0 Å². The van der Waals surface area contributed by atoms with E-state index in [9.17, 15) is 0 Å². The molecule has 0 bridgehead atoms. The van der Waals surface area contributed by atoms with Crippen LogP contribution < -0.4 is 0 Å². The molecule has 194 valence electrons. The number of halogens is 2. The van der Waals surface area contributed by atoms with E-state index < -0.39 is 0 Å². The third-order valence-corrected chi connectivity index (χ3v) is 10.1. The van der Waals surface area contributed by atoms with Gasteiger partial charge in [0.2, 0.25) is 0 Å². The zero-order chi connectivity index (χ0) is 24.9. The van der Waals surface area contributed by atoms with Crippen molar-refractivity contribution in [2.45, 2.75) is 135 Å². The molecule has 0 fully saturated rings. The Kier molecular flexibility index (Phi) is 12.9. The molecule has 2 aromatic carbocycles. The van der Waals surface area contributed by atoms with E-state index >= 15 is 0 Å². The molecule has 0 atom stereocenters. The Bertz CT molecular complexity index is 865. The summed E-state index contributed by atoms with van der Waals surface area (Å²) in [6.07, 6.45) is 24.8. The van der Waals surface area contributed by atoms with E-state index in [4.69, 9.17) is 0 Å². The first-order valence-electron chi connectivity index (χ1n) is 14.7. The fraction of sp³-hybridized carbons (Fsp3) is 0.636. The Hall–Kier alpha value is -0.600. The van der Waals surface area contributed by atoms with Crippen molar-refractivity contribution in [3.63, 3.8) is 0 Å². The van der Waals surface area contributed by atoms with Crippen molar-refractivity contribution in [2.75, 3.05) is 0 Å². The zero-order valence-corrected chi connectivity index (χ0v) is 25.6. The van der Waals surface area contributed by atoms with Crippen LogP contribution >= 0.6 is 31.9 Å². The number of hydrogen-bond donors (Lipinski definition) is 0. The van der Waals surface area contributed by atoms with Gasteiger partial charge in [0.15, 0.2) is 0 Å². The third-order valence-electron chi connectivity index (χ3n) is 8.22. The molecule has 0 aromatic heterocycles. The van der Waals surface area contributed by atoms with E-state index in [0.717, 1.165) is 0 Å². The number of unbranched alkanes of at least 4 members (excludes halogenated alkanes) is 14. The Morgan fingerprint density at radius 1 is 0.514 bits per heavy atom. The summed E-state index contributed by atoms with van der Waals surface area (Å²) in [5, 5.41) is 0. The lowest BCUT2D eigenvalue weighted by molar-refractivity contribution is 0.397. The van der Waals surface area contributed by atoms with Gasteiger partial charge in [0.05, 0.1) is 0 Å². The van der Waals surface area contributed by atoms with E-state index in [-0.39, 0.29) is 5.41 Å². The third kappa shape index (κ3) is 7.94. The van der Waals surface area contributed by atoms with Gasteiger partial charge in [-0.1, -0.05) is 141 Å². The van der Waals surface area contributed by atoms with E-state index in [1.807, 2.05) is 0 Å². The Balaban J connectivity index is 1.70. The van der Waals surface area contributed by atoms with Gasteiger partial charge in [0.1, 0.15) is 0 Å². The Morgan fingerprint density at radius 3 is 1.51 bits per heavy atom. The van der Waals surface area contributed by atoms with E-state index in [1.165, 1.54) is 136 Å². The molecular weight excluding hydrogens is 556 g/mol. The molecule has 3 rings (SSSR count). The molecule has 0 N–H and O–H groups in total. The van der Waals surface area contributed by atoms with Crippen molar-refractivity contribution in [3.05, 3.63) is 56.5 Å². The van der Waals surface area contributed by atoms with Gasteiger partial charge in [-0.3, -0.25) is 0 Å². The molecule has 35 heavy (non-hydrogen) atoms. The summed E-state index contributed by atoms with van der Waals surface area (Å²) in [6.45, 7) is 4.61. The van der Waals surface area contributed by atoms with Crippen molar-refractivity contribution in [2.24, 2.45) is 0 Å². The highest BCUT2D eigenvalue weighted by Gasteiger charge is 2.42. The van der Waals surface area contributed by atoms with Crippen LogP contribution in [0.15, 0.2) is 45.3 Å². The molecule has 0 spiro atoms. The van der Waals surface area contributed by atoms with Crippen LogP contribution in [-0.2, 0) is 5.41 Å². The van der Waals surface area contributed by atoms with Crippen LogP contribution in [0.25, 0.3) is 11.1 Å². The molecule has 0 radical (unpaired) electrons. The van der Waals surface area contributed by atoms with Gasteiger partial charge in [0, 0.05) is 14.4 Å². The average Bonchev–Trinajstić information content (AvgIpc) is 3.12. The van der Waals surface area contributed by atoms with Gasteiger partial charge < -0.3 is 0 Å². The standard InChI is InChI=1S/C33H48Br2/c1-3-5-7-9-11-13-15-19-23-33(24-20-16-14-12-10-8-6-4-2)29-22-18-17-21-27(29)28-25-31(34)32(35)26-30(28)33/h17-18,21-22,25-26H,3-16,19-20,23-24H2,1-2H3. The van der Waals surface area contributed by atoms with Gasteiger partial charge in [-0.2, -0.15) is 0 Å². The second-order valence-corrected chi connectivity index (χ2v) is 12.6. The molecule has 2 heteroatoms. The first-order valence-corrected chi connectivity index (χ1v) is 16.3. The molecule has 0 nitrogen and oxygen atoms in total. The Labute approximate surface area is 233 Å². The highest BCUT2D eigenvalue weighted by atomic mass is 79.9. The fourth-order valence-electron chi connectivity index (χ4n) is 6.23. The lowest BCUT2D eigenvalue weighted by atomic mass is 9.70. The first kappa shape index (κ1) is 29.0. The summed E-state index contributed by atoms with van der Waals surface area (Å²) < 4.78 is 2.36. The lowest BCUT2D eigenvalue weighted by Gasteiger charge is -2.33. The minimum absolute atomic E-state index is 0.180. The molecular formula is C33H48Br2. The molecule has 0 unspecified atom stereocenters. The quantitative estimate of drug-likeness (QED) is 0.149. The van der Waals surface area contributed by atoms with Crippen molar-refractivity contribution >= 4 is 31.9 Å². The van der Waals surface area contributed by atoms with Crippen LogP contribution in [0.5, 0.6) is 0 Å². The fourth-order valence-corrected chi connectivity index (χ4v) is 6.92. The monoisotopic (exact) mass is 602 g/mol. The summed E-state index contributed by atoms with van der Waals surface area (Å²) >= 11 is 7.63. The average molecular weight is 605 g/mol. The minimum Gasteiger partial charge on any atom is -0.0654 e. The van der Waals surface area contributed by atoms with Gasteiger partial charge >= 0.3 is 0 Å². The summed E-state index contributed by atoms with van der Waals surface area (Å²) in [6, 6.07) is 14.1. The lowest BCUT2D eigenvalue weighted by Crippen LogP contribution is -2.25. The van der Waals surface area contributed by atoms with Gasteiger partial charge in [0.25, 0.3) is 0 Å². The second kappa shape index (κ2) is 15.6. The zero-order valence-electron chi connectivity index (χ0n) is 22.4. The molecule has 0 aliphatic heterocycles. The molecule has 0 amide bonds. The molecule has 1 aliphatic rings. The van der Waals surface area contributed by atoms with Crippen LogP contribution in [-0.4, -0.2) is 0 Å². The number of hydrogen-bond acceptors (Lipinski definition) is 0. The maximum absolute atomic E-state index is 3.84. The van der Waals surface area contributed by atoms with Crippen LogP contribution in [0.3, 0.4) is 0 Å². The topological polar surface area (TPSA) is 0 Å². The first-order chi connectivity index (χ1) is 17.1. The van der Waals surface area contributed by atoms with Crippen molar-refractivity contribution in [1.29, 1.82) is 0 Å². The number of benzene rings is 2. The summed E-state index contributed by atoms with van der Waals surface area (Å²) in [5.74, 6) is 0. The van der Waals surface area contributed by atoms with E-state index in [2.05, 4.69) is 82.1 Å². The van der Waals surface area contributed by atoms with E-state index in [1.54, 1.807) is 11.1 Å². The Morgan fingerprint density at radius 2 is 0.971 bits per heavy atom. The van der Waals surface area contributed by atoms with Crippen molar-refractivity contribution in [3.8, 4) is 11.1 Å². The predicted octanol–water partition coefficient (Wildman–Crippen LogP) is 12.5. The van der Waals surface area contributed by atoms with E-state index in [0.29, 0.717) is 0 Å². The van der Waals surface area contributed by atoms with Crippen LogP contribution in [0.4, 0.5) is 0 Å². The molecule has 0 saturated carbocycles. The summed E-state index contributed by atoms with van der Waals surface area (Å²) in [7, 11) is 0. The molecule has 2 aromatic rings. The molecule has 1 aliphatic carbocycles. The maximum atomic E-state index is 3.84. The summed E-state index contributed by atoms with van der Waals surface area (Å²) in [5.41, 5.74) is 6.26. The van der Waals surface area contributed by atoms with Crippen LogP contribution in [0.2, 0.25) is 0 Å². The van der Waals surface area contributed by atoms with Gasteiger partial charge in [-0.15, -0.1) is 0 Å². The SMILES string of the molecule is CCCCCCCCCCC1(CCCCCCCCCC)c2ccccc2-c2cc(Br)c(Br)cc21. The number of fused-ring (bicyclic) bond motifs is 3. The molecule has 0 saturated heterocycles. The maximum Gasteiger partial charge on any atom is 0.0323 e. The minimum atomic E-state index is 0.180. The predicted molar refractivity (Wildman–Crippen MR) is 163 cm³/mol. The van der Waals surface area contributed by atoms with Crippen molar-refractivity contribution < 1.29 is 0 Å². The second-order valence-electron chi connectivity index (χ2n) is 10.9. The normalized spacial score (nSPS) is 13.7.